The maximum Gasteiger partial charge on any atom is 0.280 e. The minimum absolute atomic E-state index is 0.00390. The lowest BCUT2D eigenvalue weighted by Gasteiger charge is -2.10. The first-order chi connectivity index (χ1) is 14.0. The molecule has 9 heteroatoms. The van der Waals surface area contributed by atoms with Crippen molar-refractivity contribution in [1.29, 1.82) is 0 Å². The zero-order valence-electron chi connectivity index (χ0n) is 16.2. The molecule has 0 saturated heterocycles. The standard InChI is InChI=1S/C20H22N6O3/c1-3-29-16-10-5-4-9-15(16)23-20(28)18-19(21)26(25-24-18)12-17(27)22-14-8-6-7-13(2)11-14/h4-11H,3,12,21H2,1-2H3,(H,22,27)(H,23,28). The van der Waals surface area contributed by atoms with Gasteiger partial charge in [0.15, 0.2) is 11.5 Å². The Bertz CT molecular complexity index is 1030. The maximum atomic E-state index is 12.6. The minimum Gasteiger partial charge on any atom is -0.492 e. The number of hydrogen-bond acceptors (Lipinski definition) is 6. The van der Waals surface area contributed by atoms with E-state index in [-0.39, 0.29) is 24.0 Å². The molecular weight excluding hydrogens is 372 g/mol. The topological polar surface area (TPSA) is 124 Å². The second-order valence-corrected chi connectivity index (χ2v) is 6.28. The van der Waals surface area contributed by atoms with E-state index in [1.54, 1.807) is 30.3 Å². The van der Waals surface area contributed by atoms with E-state index in [1.165, 1.54) is 4.68 Å². The molecule has 4 N–H and O–H groups in total. The molecule has 1 heterocycles. The summed E-state index contributed by atoms with van der Waals surface area (Å²) in [5, 5.41) is 13.1. The molecule has 2 amide bonds. The van der Waals surface area contributed by atoms with Crippen LogP contribution in [0, 0.1) is 6.92 Å². The van der Waals surface area contributed by atoms with Crippen LogP contribution in [0.3, 0.4) is 0 Å². The van der Waals surface area contributed by atoms with Crippen molar-refractivity contribution in [2.45, 2.75) is 20.4 Å². The van der Waals surface area contributed by atoms with Gasteiger partial charge >= 0.3 is 0 Å². The molecule has 0 spiro atoms. The fourth-order valence-corrected chi connectivity index (χ4v) is 2.69. The largest absolute Gasteiger partial charge is 0.492 e. The van der Waals surface area contributed by atoms with Crippen LogP contribution in [0.2, 0.25) is 0 Å². The Labute approximate surface area is 167 Å². The number of nitrogens with one attached hydrogen (secondary N) is 2. The van der Waals surface area contributed by atoms with Gasteiger partial charge in [0.25, 0.3) is 5.91 Å². The molecule has 0 atom stereocenters. The molecule has 0 radical (unpaired) electrons. The fraction of sp³-hybridized carbons (Fsp3) is 0.200. The van der Waals surface area contributed by atoms with Crippen LogP contribution in [-0.4, -0.2) is 33.4 Å². The normalized spacial score (nSPS) is 10.4. The van der Waals surface area contributed by atoms with Crippen LogP contribution in [0.5, 0.6) is 5.75 Å². The Morgan fingerprint density at radius 3 is 2.69 bits per heavy atom. The van der Waals surface area contributed by atoms with E-state index in [4.69, 9.17) is 10.5 Å². The molecular formula is C20H22N6O3. The van der Waals surface area contributed by atoms with Crippen molar-refractivity contribution in [2.75, 3.05) is 23.0 Å². The predicted octanol–water partition coefficient (Wildman–Crippen LogP) is 2.46. The van der Waals surface area contributed by atoms with E-state index in [0.29, 0.717) is 23.7 Å². The number of para-hydroxylation sites is 2. The summed E-state index contributed by atoms with van der Waals surface area (Å²) >= 11 is 0. The summed E-state index contributed by atoms with van der Waals surface area (Å²) in [5.41, 5.74) is 8.10. The summed E-state index contributed by atoms with van der Waals surface area (Å²) in [5.74, 6) is -0.344. The van der Waals surface area contributed by atoms with Gasteiger partial charge in [-0.25, -0.2) is 4.68 Å². The van der Waals surface area contributed by atoms with Gasteiger partial charge in [-0.05, 0) is 43.7 Å². The van der Waals surface area contributed by atoms with Gasteiger partial charge in [-0.3, -0.25) is 9.59 Å². The monoisotopic (exact) mass is 394 g/mol. The SMILES string of the molecule is CCOc1ccccc1NC(=O)c1nnn(CC(=O)Nc2cccc(C)c2)c1N. The molecule has 150 valence electrons. The second-order valence-electron chi connectivity index (χ2n) is 6.28. The van der Waals surface area contributed by atoms with Crippen molar-refractivity contribution in [3.05, 3.63) is 59.8 Å². The number of nitrogens with two attached hydrogens (primary N) is 1. The number of aromatic nitrogens is 3. The van der Waals surface area contributed by atoms with Gasteiger partial charge < -0.3 is 21.1 Å². The van der Waals surface area contributed by atoms with Gasteiger partial charge in [0.1, 0.15) is 12.3 Å². The molecule has 0 fully saturated rings. The van der Waals surface area contributed by atoms with Gasteiger partial charge in [0, 0.05) is 5.69 Å². The van der Waals surface area contributed by atoms with E-state index in [0.717, 1.165) is 5.56 Å². The number of aryl methyl sites for hydroxylation is 1. The van der Waals surface area contributed by atoms with Gasteiger partial charge in [0.05, 0.1) is 12.3 Å². The Hall–Kier alpha value is -3.88. The third-order valence-corrected chi connectivity index (χ3v) is 4.02. The van der Waals surface area contributed by atoms with Crippen LogP contribution in [0.4, 0.5) is 17.2 Å². The predicted molar refractivity (Wildman–Crippen MR) is 110 cm³/mol. The average Bonchev–Trinajstić information content (AvgIpc) is 3.04. The smallest absolute Gasteiger partial charge is 0.280 e. The Morgan fingerprint density at radius 1 is 1.14 bits per heavy atom. The zero-order valence-corrected chi connectivity index (χ0v) is 16.2. The van der Waals surface area contributed by atoms with Crippen molar-refractivity contribution >= 4 is 29.0 Å². The molecule has 3 rings (SSSR count). The van der Waals surface area contributed by atoms with Gasteiger partial charge in [-0.2, -0.15) is 0 Å². The van der Waals surface area contributed by atoms with Crippen LogP contribution in [0.1, 0.15) is 23.0 Å². The molecule has 3 aromatic rings. The molecule has 9 nitrogen and oxygen atoms in total. The van der Waals surface area contributed by atoms with E-state index in [2.05, 4.69) is 20.9 Å². The van der Waals surface area contributed by atoms with Gasteiger partial charge in [-0.15, -0.1) is 5.10 Å². The molecule has 29 heavy (non-hydrogen) atoms. The number of benzene rings is 2. The number of ether oxygens (including phenoxy) is 1. The molecule has 0 bridgehead atoms. The number of anilines is 3. The maximum absolute atomic E-state index is 12.6. The van der Waals surface area contributed by atoms with Gasteiger partial charge in [0.2, 0.25) is 5.91 Å². The van der Waals surface area contributed by atoms with Crippen LogP contribution in [0.25, 0.3) is 0 Å². The molecule has 0 saturated carbocycles. The van der Waals surface area contributed by atoms with E-state index >= 15 is 0 Å². The number of amides is 2. The number of rotatable bonds is 7. The van der Waals surface area contributed by atoms with E-state index < -0.39 is 5.91 Å². The van der Waals surface area contributed by atoms with Crippen LogP contribution < -0.4 is 21.1 Å². The van der Waals surface area contributed by atoms with Crippen molar-refractivity contribution in [2.24, 2.45) is 0 Å². The minimum atomic E-state index is -0.542. The van der Waals surface area contributed by atoms with Crippen molar-refractivity contribution in [3.63, 3.8) is 0 Å². The zero-order chi connectivity index (χ0) is 20.8. The summed E-state index contributed by atoms with van der Waals surface area (Å²) < 4.78 is 6.66. The van der Waals surface area contributed by atoms with E-state index in [9.17, 15) is 9.59 Å². The lowest BCUT2D eigenvalue weighted by Crippen LogP contribution is -2.21. The summed E-state index contributed by atoms with van der Waals surface area (Å²) in [7, 11) is 0. The van der Waals surface area contributed by atoms with Crippen LogP contribution in [-0.2, 0) is 11.3 Å². The molecule has 0 aliphatic heterocycles. The lowest BCUT2D eigenvalue weighted by molar-refractivity contribution is -0.116. The van der Waals surface area contributed by atoms with Crippen molar-refractivity contribution in [3.8, 4) is 5.75 Å². The molecule has 0 unspecified atom stereocenters. The third-order valence-electron chi connectivity index (χ3n) is 4.02. The lowest BCUT2D eigenvalue weighted by atomic mass is 10.2. The summed E-state index contributed by atoms with van der Waals surface area (Å²) in [4.78, 5) is 24.8. The summed E-state index contributed by atoms with van der Waals surface area (Å²) in [6.07, 6.45) is 0. The molecule has 0 aliphatic carbocycles. The van der Waals surface area contributed by atoms with Crippen molar-refractivity contribution in [1.82, 2.24) is 15.0 Å². The van der Waals surface area contributed by atoms with Crippen LogP contribution >= 0.6 is 0 Å². The highest BCUT2D eigenvalue weighted by molar-refractivity contribution is 6.06. The molecule has 0 aliphatic rings. The third kappa shape index (κ3) is 4.89. The molecule has 2 aromatic carbocycles. The summed E-state index contributed by atoms with van der Waals surface area (Å²) in [6.45, 7) is 4.07. The first-order valence-electron chi connectivity index (χ1n) is 9.06. The second kappa shape index (κ2) is 8.87. The summed E-state index contributed by atoms with van der Waals surface area (Å²) in [6, 6.07) is 14.4. The number of carbonyl (C=O) groups excluding carboxylic acids is 2. The number of hydrogen-bond donors (Lipinski definition) is 3. The highest BCUT2D eigenvalue weighted by atomic mass is 16.5. The quantitative estimate of drug-likeness (QED) is 0.565. The van der Waals surface area contributed by atoms with E-state index in [1.807, 2.05) is 32.0 Å². The van der Waals surface area contributed by atoms with Crippen LogP contribution in [0.15, 0.2) is 48.5 Å². The first kappa shape index (κ1) is 19.9. The Balaban J connectivity index is 1.69. The highest BCUT2D eigenvalue weighted by Crippen LogP contribution is 2.24. The fourth-order valence-electron chi connectivity index (χ4n) is 2.69. The molecule has 1 aromatic heterocycles. The van der Waals surface area contributed by atoms with Gasteiger partial charge in [-0.1, -0.05) is 29.5 Å². The highest BCUT2D eigenvalue weighted by Gasteiger charge is 2.20. The van der Waals surface area contributed by atoms with Crippen molar-refractivity contribution < 1.29 is 14.3 Å². The number of nitrogens with zero attached hydrogens (tertiary/aromatic N) is 3. The average molecular weight is 394 g/mol. The number of nitrogen functional groups attached to an aromatic ring is 1. The first-order valence-corrected chi connectivity index (χ1v) is 9.06. The number of carbonyl (C=O) groups is 2. The Kier molecular flexibility index (Phi) is 6.08. The Morgan fingerprint density at radius 2 is 1.93 bits per heavy atom.